The Hall–Kier alpha value is -4.29. The number of hydrogen-bond donors (Lipinski definition) is 1. The zero-order valence-corrected chi connectivity index (χ0v) is 22.4. The van der Waals surface area contributed by atoms with Gasteiger partial charge in [-0.3, -0.25) is 14.9 Å². The lowest BCUT2D eigenvalue weighted by molar-refractivity contribution is -0.384. The van der Waals surface area contributed by atoms with Crippen LogP contribution in [-0.2, 0) is 31.0 Å². The van der Waals surface area contributed by atoms with Gasteiger partial charge in [-0.2, -0.15) is 4.31 Å². The molecule has 3 aromatic carbocycles. The van der Waals surface area contributed by atoms with E-state index in [2.05, 4.69) is 5.32 Å². The molecule has 2 atom stereocenters. The second-order valence-corrected chi connectivity index (χ2v) is 11.0. The maximum absolute atomic E-state index is 13.3. The van der Waals surface area contributed by atoms with Gasteiger partial charge in [0.05, 0.1) is 16.4 Å². The normalized spacial score (nSPS) is 16.1. The third-order valence-corrected chi connectivity index (χ3v) is 8.33. The molecule has 1 saturated heterocycles. The van der Waals surface area contributed by atoms with Crippen LogP contribution in [0, 0.1) is 10.1 Å². The van der Waals surface area contributed by atoms with Crippen LogP contribution in [0.5, 0.6) is 5.75 Å². The topological polar surface area (TPSA) is 145 Å². The fourth-order valence-corrected chi connectivity index (χ4v) is 6.00. The molecule has 0 radical (unpaired) electrons. The number of nitrogens with one attached hydrogen (secondary N) is 1. The molecule has 4 rings (SSSR count). The number of ether oxygens (including phenoxy) is 2. The Kier molecular flexibility index (Phi) is 9.46. The SMILES string of the molecule is O=C(OCc1ccccc1)[C@@H](CCOc1ccc([N+](=O)[O-])cc1)NC(=O)[C@@H]1CCCN1S(=O)(=O)c1ccccc1. The van der Waals surface area contributed by atoms with Gasteiger partial charge >= 0.3 is 5.97 Å². The molecule has 1 N–H and O–H groups in total. The number of sulfonamides is 1. The van der Waals surface area contributed by atoms with E-state index in [4.69, 9.17) is 9.47 Å². The molecular formula is C28H29N3O8S. The van der Waals surface area contributed by atoms with Crippen molar-refractivity contribution in [3.05, 3.63) is 101 Å². The van der Waals surface area contributed by atoms with Crippen LogP contribution in [0.4, 0.5) is 5.69 Å². The lowest BCUT2D eigenvalue weighted by Gasteiger charge is -2.25. The van der Waals surface area contributed by atoms with Gasteiger partial charge in [-0.05, 0) is 42.7 Å². The number of nitrogens with zero attached hydrogens (tertiary/aromatic N) is 2. The van der Waals surface area contributed by atoms with Crippen molar-refractivity contribution >= 4 is 27.6 Å². The Morgan fingerprint density at radius 2 is 1.65 bits per heavy atom. The van der Waals surface area contributed by atoms with E-state index in [1.54, 1.807) is 30.3 Å². The summed E-state index contributed by atoms with van der Waals surface area (Å²) in [5.41, 5.74) is 0.674. The number of non-ortho nitro benzene ring substituents is 1. The summed E-state index contributed by atoms with van der Waals surface area (Å²) < 4.78 is 38.7. The van der Waals surface area contributed by atoms with Crippen molar-refractivity contribution in [2.24, 2.45) is 0 Å². The van der Waals surface area contributed by atoms with Crippen molar-refractivity contribution < 1.29 is 32.4 Å². The maximum atomic E-state index is 13.3. The summed E-state index contributed by atoms with van der Waals surface area (Å²) >= 11 is 0. The molecule has 12 heteroatoms. The molecule has 1 fully saturated rings. The molecule has 40 heavy (non-hydrogen) atoms. The Labute approximate surface area is 231 Å². The fourth-order valence-electron chi connectivity index (χ4n) is 4.32. The van der Waals surface area contributed by atoms with E-state index < -0.39 is 38.9 Å². The first kappa shape index (κ1) is 28.7. The number of amides is 1. The number of hydrogen-bond acceptors (Lipinski definition) is 8. The van der Waals surface area contributed by atoms with E-state index in [0.29, 0.717) is 18.6 Å². The highest BCUT2D eigenvalue weighted by atomic mass is 32.2. The number of carbonyl (C=O) groups excluding carboxylic acids is 2. The van der Waals surface area contributed by atoms with Crippen molar-refractivity contribution in [2.45, 2.75) is 42.8 Å². The van der Waals surface area contributed by atoms with Gasteiger partial charge in [-0.1, -0.05) is 48.5 Å². The number of nitro groups is 1. The molecule has 1 heterocycles. The summed E-state index contributed by atoms with van der Waals surface area (Å²) in [6.45, 7) is 0.161. The van der Waals surface area contributed by atoms with Gasteiger partial charge in [0.1, 0.15) is 24.4 Å². The van der Waals surface area contributed by atoms with Gasteiger partial charge in [-0.15, -0.1) is 0 Å². The predicted octanol–water partition coefficient (Wildman–Crippen LogP) is 3.45. The van der Waals surface area contributed by atoms with Crippen LogP contribution < -0.4 is 10.1 Å². The predicted molar refractivity (Wildman–Crippen MR) is 145 cm³/mol. The van der Waals surface area contributed by atoms with Crippen LogP contribution in [0.25, 0.3) is 0 Å². The first-order valence-electron chi connectivity index (χ1n) is 12.7. The molecule has 11 nitrogen and oxygen atoms in total. The largest absolute Gasteiger partial charge is 0.493 e. The third kappa shape index (κ3) is 7.21. The third-order valence-electron chi connectivity index (χ3n) is 6.40. The monoisotopic (exact) mass is 567 g/mol. The number of carbonyl (C=O) groups is 2. The maximum Gasteiger partial charge on any atom is 0.329 e. The molecule has 210 valence electrons. The average molecular weight is 568 g/mol. The Morgan fingerprint density at radius 3 is 2.30 bits per heavy atom. The minimum absolute atomic E-state index is 0.00675. The lowest BCUT2D eigenvalue weighted by atomic mass is 10.1. The minimum Gasteiger partial charge on any atom is -0.493 e. The second kappa shape index (κ2) is 13.2. The van der Waals surface area contributed by atoms with Gasteiger partial charge in [0, 0.05) is 25.1 Å². The van der Waals surface area contributed by atoms with E-state index in [1.807, 2.05) is 18.2 Å². The first-order chi connectivity index (χ1) is 19.3. The molecule has 1 aliphatic rings. The van der Waals surface area contributed by atoms with Crippen LogP contribution >= 0.6 is 0 Å². The Bertz CT molecular complexity index is 1420. The molecule has 0 bridgehead atoms. The lowest BCUT2D eigenvalue weighted by Crippen LogP contribution is -2.51. The van der Waals surface area contributed by atoms with Crippen LogP contribution in [0.15, 0.2) is 89.8 Å². The summed E-state index contributed by atoms with van der Waals surface area (Å²) in [6.07, 6.45) is 0.827. The molecule has 3 aromatic rings. The van der Waals surface area contributed by atoms with Crippen molar-refractivity contribution in [2.75, 3.05) is 13.2 Å². The van der Waals surface area contributed by atoms with E-state index in [0.717, 1.165) is 9.87 Å². The van der Waals surface area contributed by atoms with Gasteiger partial charge < -0.3 is 14.8 Å². The molecule has 1 amide bonds. The Morgan fingerprint density at radius 1 is 1.00 bits per heavy atom. The quantitative estimate of drug-likeness (QED) is 0.199. The molecule has 0 unspecified atom stereocenters. The standard InChI is InChI=1S/C28H29N3O8S/c32-27(26-12-7-18-30(26)40(36,37)24-10-5-2-6-11-24)29-25(28(33)39-20-21-8-3-1-4-9-21)17-19-38-23-15-13-22(14-16-23)31(34)35/h1-6,8-11,13-16,25-26H,7,12,17-20H2,(H,29,32)/t25-,26+/m1/s1. The van der Waals surface area contributed by atoms with Gasteiger partial charge in [0.25, 0.3) is 5.69 Å². The summed E-state index contributed by atoms with van der Waals surface area (Å²) in [7, 11) is -3.91. The number of nitro benzene ring substituents is 1. The van der Waals surface area contributed by atoms with Gasteiger partial charge in [0.2, 0.25) is 15.9 Å². The highest BCUT2D eigenvalue weighted by molar-refractivity contribution is 7.89. The number of rotatable bonds is 12. The molecule has 0 aromatic heterocycles. The number of esters is 1. The highest BCUT2D eigenvalue weighted by Crippen LogP contribution is 2.26. The van der Waals surface area contributed by atoms with Gasteiger partial charge in [-0.25, -0.2) is 13.2 Å². The first-order valence-corrected chi connectivity index (χ1v) is 14.1. The molecular weight excluding hydrogens is 538 g/mol. The van der Waals surface area contributed by atoms with E-state index in [-0.39, 0.29) is 36.8 Å². The van der Waals surface area contributed by atoms with Crippen LogP contribution in [0.3, 0.4) is 0 Å². The molecule has 0 spiro atoms. The van der Waals surface area contributed by atoms with Gasteiger partial charge in [0.15, 0.2) is 0 Å². The Balaban J connectivity index is 1.44. The van der Waals surface area contributed by atoms with Crippen molar-refractivity contribution in [3.8, 4) is 5.75 Å². The van der Waals surface area contributed by atoms with Crippen molar-refractivity contribution in [1.82, 2.24) is 9.62 Å². The van der Waals surface area contributed by atoms with E-state index in [9.17, 15) is 28.1 Å². The fraction of sp³-hybridized carbons (Fsp3) is 0.286. The summed E-state index contributed by atoms with van der Waals surface area (Å²) in [4.78, 5) is 36.8. The average Bonchev–Trinajstić information content (AvgIpc) is 3.48. The van der Waals surface area contributed by atoms with Crippen LogP contribution in [0.2, 0.25) is 0 Å². The zero-order valence-electron chi connectivity index (χ0n) is 21.5. The highest BCUT2D eigenvalue weighted by Gasteiger charge is 2.40. The minimum atomic E-state index is -3.91. The van der Waals surface area contributed by atoms with E-state index in [1.165, 1.54) is 36.4 Å². The number of benzene rings is 3. The molecule has 0 saturated carbocycles. The zero-order chi connectivity index (χ0) is 28.5. The summed E-state index contributed by atoms with van der Waals surface area (Å²) in [5, 5.41) is 13.5. The smallest absolute Gasteiger partial charge is 0.329 e. The molecule has 0 aliphatic carbocycles. The van der Waals surface area contributed by atoms with Crippen LogP contribution in [-0.4, -0.2) is 54.8 Å². The molecule has 1 aliphatic heterocycles. The summed E-state index contributed by atoms with van der Waals surface area (Å²) in [5.74, 6) is -0.946. The second-order valence-electron chi connectivity index (χ2n) is 9.13. The van der Waals surface area contributed by atoms with E-state index >= 15 is 0 Å². The van der Waals surface area contributed by atoms with Crippen molar-refractivity contribution in [3.63, 3.8) is 0 Å². The van der Waals surface area contributed by atoms with Crippen molar-refractivity contribution in [1.29, 1.82) is 0 Å². The summed E-state index contributed by atoms with van der Waals surface area (Å²) in [6, 6.07) is 20.3. The van der Waals surface area contributed by atoms with Crippen LogP contribution in [0.1, 0.15) is 24.8 Å².